The average molecular weight is 214 g/mol. The highest BCUT2D eigenvalue weighted by molar-refractivity contribution is 5.34. The van der Waals surface area contributed by atoms with Crippen molar-refractivity contribution in [2.24, 2.45) is 0 Å². The molecule has 2 aromatic carbocycles. The van der Waals surface area contributed by atoms with Crippen LogP contribution in [0.3, 0.4) is 0 Å². The van der Waals surface area contributed by atoms with E-state index in [-0.39, 0.29) is 0 Å². The number of hydrogen-bond donors (Lipinski definition) is 1. The van der Waals surface area contributed by atoms with E-state index in [1.54, 1.807) is 19.2 Å². The minimum Gasteiger partial charge on any atom is -0.508 e. The predicted octanol–water partition coefficient (Wildman–Crippen LogP) is 2.99. The van der Waals surface area contributed by atoms with Gasteiger partial charge in [-0.2, -0.15) is 0 Å². The molecule has 0 heterocycles. The van der Waals surface area contributed by atoms with Crippen molar-refractivity contribution in [3.8, 4) is 11.5 Å². The zero-order valence-corrected chi connectivity index (χ0v) is 9.18. The zero-order chi connectivity index (χ0) is 11.4. The highest BCUT2D eigenvalue weighted by Crippen LogP contribution is 2.17. The standard InChI is InChI=1S/C14H14O2/c1-16-14-7-5-11(6-8-14)9-12-3-2-4-13(15)10-12/h2-8,10,15H,9H2,1H3. The van der Waals surface area contributed by atoms with Crippen molar-refractivity contribution in [2.75, 3.05) is 7.11 Å². The van der Waals surface area contributed by atoms with Crippen LogP contribution in [-0.2, 0) is 6.42 Å². The van der Waals surface area contributed by atoms with E-state index in [2.05, 4.69) is 0 Å². The van der Waals surface area contributed by atoms with E-state index >= 15 is 0 Å². The van der Waals surface area contributed by atoms with Crippen molar-refractivity contribution in [3.63, 3.8) is 0 Å². The maximum absolute atomic E-state index is 9.35. The van der Waals surface area contributed by atoms with Gasteiger partial charge in [-0.25, -0.2) is 0 Å². The molecule has 2 aromatic rings. The molecular formula is C14H14O2. The lowest BCUT2D eigenvalue weighted by molar-refractivity contribution is 0.414. The average Bonchev–Trinajstić information content (AvgIpc) is 2.30. The molecule has 0 saturated carbocycles. The Kier molecular flexibility index (Phi) is 3.10. The third-order valence-corrected chi connectivity index (χ3v) is 2.48. The molecule has 0 spiro atoms. The van der Waals surface area contributed by atoms with Gasteiger partial charge in [0.05, 0.1) is 7.11 Å². The van der Waals surface area contributed by atoms with Crippen LogP contribution in [0.1, 0.15) is 11.1 Å². The largest absolute Gasteiger partial charge is 0.508 e. The summed E-state index contributed by atoms with van der Waals surface area (Å²) in [6, 6.07) is 15.3. The van der Waals surface area contributed by atoms with Crippen LogP contribution >= 0.6 is 0 Å². The summed E-state index contributed by atoms with van der Waals surface area (Å²) in [5.74, 6) is 1.17. The molecular weight excluding hydrogens is 200 g/mol. The summed E-state index contributed by atoms with van der Waals surface area (Å²) in [5, 5.41) is 9.35. The molecule has 0 amide bonds. The number of hydrogen-bond acceptors (Lipinski definition) is 2. The molecule has 0 fully saturated rings. The van der Waals surface area contributed by atoms with Crippen LogP contribution in [-0.4, -0.2) is 12.2 Å². The van der Waals surface area contributed by atoms with Crippen LogP contribution in [0.5, 0.6) is 11.5 Å². The number of phenolic OH excluding ortho intramolecular Hbond substituents is 1. The summed E-state index contributed by atoms with van der Waals surface area (Å²) in [4.78, 5) is 0. The molecule has 2 heteroatoms. The van der Waals surface area contributed by atoms with Crippen molar-refractivity contribution >= 4 is 0 Å². The first kappa shape index (κ1) is 10.6. The lowest BCUT2D eigenvalue weighted by Gasteiger charge is -2.04. The Morgan fingerprint density at radius 1 is 1.00 bits per heavy atom. The number of ether oxygens (including phenoxy) is 1. The molecule has 1 N–H and O–H groups in total. The minimum atomic E-state index is 0.311. The summed E-state index contributed by atoms with van der Waals surface area (Å²) in [5.41, 5.74) is 2.30. The lowest BCUT2D eigenvalue weighted by atomic mass is 10.0. The normalized spacial score (nSPS) is 10.1. The van der Waals surface area contributed by atoms with Crippen molar-refractivity contribution in [1.29, 1.82) is 0 Å². The second-order valence-corrected chi connectivity index (χ2v) is 3.69. The van der Waals surface area contributed by atoms with Gasteiger partial charge in [-0.05, 0) is 41.8 Å². The summed E-state index contributed by atoms with van der Waals surface area (Å²) in [7, 11) is 1.66. The first-order valence-electron chi connectivity index (χ1n) is 5.19. The maximum atomic E-state index is 9.35. The van der Waals surface area contributed by atoms with Gasteiger partial charge in [-0.15, -0.1) is 0 Å². The Morgan fingerprint density at radius 2 is 1.75 bits per heavy atom. The van der Waals surface area contributed by atoms with Gasteiger partial charge in [0.25, 0.3) is 0 Å². The predicted molar refractivity (Wildman–Crippen MR) is 63.9 cm³/mol. The molecule has 0 unspecified atom stereocenters. The Hall–Kier alpha value is -1.96. The Bertz CT molecular complexity index is 460. The zero-order valence-electron chi connectivity index (χ0n) is 9.18. The summed E-state index contributed by atoms with van der Waals surface area (Å²) < 4.78 is 5.10. The van der Waals surface area contributed by atoms with Crippen LogP contribution in [0, 0.1) is 0 Å². The fourth-order valence-electron chi connectivity index (χ4n) is 1.65. The van der Waals surface area contributed by atoms with Crippen LogP contribution in [0.2, 0.25) is 0 Å². The van der Waals surface area contributed by atoms with Crippen LogP contribution in [0.15, 0.2) is 48.5 Å². The van der Waals surface area contributed by atoms with Crippen LogP contribution in [0.4, 0.5) is 0 Å². The highest BCUT2D eigenvalue weighted by Gasteiger charge is 1.98. The third-order valence-electron chi connectivity index (χ3n) is 2.48. The molecule has 0 atom stereocenters. The first-order chi connectivity index (χ1) is 7.78. The smallest absolute Gasteiger partial charge is 0.118 e. The van der Waals surface area contributed by atoms with Gasteiger partial charge in [0.1, 0.15) is 11.5 Å². The number of benzene rings is 2. The molecule has 0 aliphatic carbocycles. The SMILES string of the molecule is COc1ccc(Cc2cccc(O)c2)cc1. The van der Waals surface area contributed by atoms with Crippen LogP contribution < -0.4 is 4.74 Å². The number of rotatable bonds is 3. The molecule has 82 valence electrons. The Morgan fingerprint density at radius 3 is 2.38 bits per heavy atom. The minimum absolute atomic E-state index is 0.311. The second kappa shape index (κ2) is 4.71. The number of aromatic hydroxyl groups is 1. The van der Waals surface area contributed by atoms with Crippen molar-refractivity contribution in [3.05, 3.63) is 59.7 Å². The molecule has 0 saturated heterocycles. The van der Waals surface area contributed by atoms with Crippen LogP contribution in [0.25, 0.3) is 0 Å². The van der Waals surface area contributed by atoms with E-state index < -0.39 is 0 Å². The molecule has 2 rings (SSSR count). The summed E-state index contributed by atoms with van der Waals surface area (Å²) >= 11 is 0. The van der Waals surface area contributed by atoms with Crippen molar-refractivity contribution in [2.45, 2.75) is 6.42 Å². The van der Waals surface area contributed by atoms with E-state index in [0.717, 1.165) is 17.7 Å². The summed E-state index contributed by atoms with van der Waals surface area (Å²) in [6.45, 7) is 0. The quantitative estimate of drug-likeness (QED) is 0.851. The van der Waals surface area contributed by atoms with E-state index in [0.29, 0.717) is 5.75 Å². The van der Waals surface area contributed by atoms with E-state index in [1.807, 2.05) is 36.4 Å². The second-order valence-electron chi connectivity index (χ2n) is 3.69. The Balaban J connectivity index is 2.14. The fourth-order valence-corrected chi connectivity index (χ4v) is 1.65. The molecule has 0 aliphatic heterocycles. The van der Waals surface area contributed by atoms with Gasteiger partial charge in [0.2, 0.25) is 0 Å². The fraction of sp³-hybridized carbons (Fsp3) is 0.143. The van der Waals surface area contributed by atoms with Gasteiger partial charge in [0, 0.05) is 0 Å². The number of phenols is 1. The van der Waals surface area contributed by atoms with Gasteiger partial charge in [-0.3, -0.25) is 0 Å². The molecule has 0 radical (unpaired) electrons. The maximum Gasteiger partial charge on any atom is 0.118 e. The molecule has 2 nitrogen and oxygen atoms in total. The molecule has 0 aromatic heterocycles. The van der Waals surface area contributed by atoms with Crippen molar-refractivity contribution in [1.82, 2.24) is 0 Å². The summed E-state index contributed by atoms with van der Waals surface area (Å²) in [6.07, 6.45) is 0.818. The van der Waals surface area contributed by atoms with Crippen molar-refractivity contribution < 1.29 is 9.84 Å². The van der Waals surface area contributed by atoms with Gasteiger partial charge in [0.15, 0.2) is 0 Å². The highest BCUT2D eigenvalue weighted by atomic mass is 16.5. The Labute approximate surface area is 95.1 Å². The van der Waals surface area contributed by atoms with E-state index in [9.17, 15) is 5.11 Å². The lowest BCUT2D eigenvalue weighted by Crippen LogP contribution is -1.88. The topological polar surface area (TPSA) is 29.5 Å². The molecule has 0 bridgehead atoms. The number of methoxy groups -OCH3 is 1. The van der Waals surface area contributed by atoms with Gasteiger partial charge in [-0.1, -0.05) is 24.3 Å². The monoisotopic (exact) mass is 214 g/mol. The first-order valence-corrected chi connectivity index (χ1v) is 5.19. The van der Waals surface area contributed by atoms with E-state index in [4.69, 9.17) is 4.74 Å². The third kappa shape index (κ3) is 2.54. The molecule has 16 heavy (non-hydrogen) atoms. The van der Waals surface area contributed by atoms with Gasteiger partial charge >= 0.3 is 0 Å². The van der Waals surface area contributed by atoms with Gasteiger partial charge < -0.3 is 9.84 Å². The van der Waals surface area contributed by atoms with E-state index in [1.165, 1.54) is 5.56 Å². The molecule has 0 aliphatic rings.